The molecule has 148 valence electrons. The Labute approximate surface area is 160 Å². The third kappa shape index (κ3) is 3.94. The van der Waals surface area contributed by atoms with Crippen molar-refractivity contribution in [2.75, 3.05) is 26.2 Å². The van der Waals surface area contributed by atoms with Crippen LogP contribution < -0.4 is 10.6 Å². The summed E-state index contributed by atoms with van der Waals surface area (Å²) in [6, 6.07) is 0. The fraction of sp³-hybridized carbons (Fsp3) is 0.789. The Morgan fingerprint density at radius 3 is 3.00 bits per heavy atom. The van der Waals surface area contributed by atoms with Gasteiger partial charge in [-0.2, -0.15) is 0 Å². The molecule has 4 rings (SSSR count). The maximum atomic E-state index is 11.8. The van der Waals surface area contributed by atoms with Gasteiger partial charge in [-0.05, 0) is 32.6 Å². The number of nitrogens with zero attached hydrogens (tertiary/aromatic N) is 5. The maximum Gasteiger partial charge on any atom is 0.220 e. The van der Waals surface area contributed by atoms with E-state index in [-0.39, 0.29) is 11.3 Å². The van der Waals surface area contributed by atoms with Gasteiger partial charge in [-0.15, -0.1) is 10.2 Å². The van der Waals surface area contributed by atoms with Gasteiger partial charge in [0.1, 0.15) is 12.4 Å². The molecule has 1 atom stereocenters. The minimum Gasteiger partial charge on any atom is -0.357 e. The monoisotopic (exact) mass is 373 g/mol. The van der Waals surface area contributed by atoms with Crippen LogP contribution in [0.25, 0.3) is 0 Å². The van der Waals surface area contributed by atoms with E-state index < -0.39 is 0 Å². The topological polar surface area (TPSA) is 87.4 Å². The molecule has 8 nitrogen and oxygen atoms in total. The third-order valence-electron chi connectivity index (χ3n) is 6.05. The van der Waals surface area contributed by atoms with Crippen molar-refractivity contribution in [1.82, 2.24) is 30.3 Å². The second kappa shape index (κ2) is 7.86. The highest BCUT2D eigenvalue weighted by Gasteiger charge is 2.42. The van der Waals surface area contributed by atoms with Gasteiger partial charge in [0, 0.05) is 51.0 Å². The summed E-state index contributed by atoms with van der Waals surface area (Å²) in [6.07, 6.45) is 7.52. The zero-order chi connectivity index (χ0) is 18.7. The molecule has 2 N–H and O–H groups in total. The van der Waals surface area contributed by atoms with Crippen LogP contribution in [0.3, 0.4) is 0 Å². The van der Waals surface area contributed by atoms with Crippen molar-refractivity contribution < 1.29 is 4.79 Å². The zero-order valence-electron chi connectivity index (χ0n) is 16.3. The first kappa shape index (κ1) is 18.3. The van der Waals surface area contributed by atoms with Crippen molar-refractivity contribution in [2.45, 2.75) is 65.0 Å². The molecule has 0 bridgehead atoms. The van der Waals surface area contributed by atoms with E-state index in [9.17, 15) is 4.79 Å². The number of hydrogen-bond acceptors (Lipinski definition) is 4. The lowest BCUT2D eigenvalue weighted by atomic mass is 9.79. The number of aliphatic imine (C=N–C) groups is 1. The molecular weight excluding hydrogens is 342 g/mol. The number of carbonyl (C=O) groups excluding carboxylic acids is 1. The molecule has 3 aliphatic heterocycles. The average Bonchev–Trinajstić information content (AvgIpc) is 3.12. The highest BCUT2D eigenvalue weighted by Crippen LogP contribution is 2.36. The van der Waals surface area contributed by atoms with Crippen LogP contribution in [0.5, 0.6) is 0 Å². The number of piperidine rings is 1. The van der Waals surface area contributed by atoms with Crippen LogP contribution in [-0.4, -0.2) is 57.7 Å². The highest BCUT2D eigenvalue weighted by molar-refractivity contribution is 5.81. The Kier molecular flexibility index (Phi) is 5.31. The van der Waals surface area contributed by atoms with E-state index in [1.54, 1.807) is 0 Å². The molecule has 27 heavy (non-hydrogen) atoms. The minimum absolute atomic E-state index is 0.0669. The average molecular weight is 374 g/mol. The lowest BCUT2D eigenvalue weighted by Gasteiger charge is -2.40. The Morgan fingerprint density at radius 1 is 1.26 bits per heavy atom. The fourth-order valence-electron chi connectivity index (χ4n) is 4.66. The Balaban J connectivity index is 1.49. The lowest BCUT2D eigenvalue weighted by Crippen LogP contribution is -2.51. The van der Waals surface area contributed by atoms with Crippen molar-refractivity contribution >= 4 is 11.9 Å². The first-order valence-corrected chi connectivity index (χ1v) is 10.4. The number of hydrogen-bond donors (Lipinski definition) is 2. The van der Waals surface area contributed by atoms with Crippen LogP contribution >= 0.6 is 0 Å². The summed E-state index contributed by atoms with van der Waals surface area (Å²) in [5, 5.41) is 15.2. The lowest BCUT2D eigenvalue weighted by molar-refractivity contribution is -0.119. The molecule has 1 amide bonds. The molecule has 2 saturated heterocycles. The van der Waals surface area contributed by atoms with Crippen LogP contribution in [0, 0.1) is 5.41 Å². The van der Waals surface area contributed by atoms with Crippen molar-refractivity contribution in [3.8, 4) is 0 Å². The molecule has 1 spiro atoms. The summed E-state index contributed by atoms with van der Waals surface area (Å²) in [4.78, 5) is 19.0. The molecular formula is C19H31N7O. The summed E-state index contributed by atoms with van der Waals surface area (Å²) in [7, 11) is 0. The maximum absolute atomic E-state index is 11.8. The summed E-state index contributed by atoms with van der Waals surface area (Å²) in [6.45, 7) is 7.14. The summed E-state index contributed by atoms with van der Waals surface area (Å²) >= 11 is 0. The number of rotatable bonds is 3. The summed E-state index contributed by atoms with van der Waals surface area (Å²) in [5.74, 6) is 3.19. The van der Waals surface area contributed by atoms with Gasteiger partial charge in [0.25, 0.3) is 0 Å². The number of nitrogens with one attached hydrogen (secondary N) is 2. The van der Waals surface area contributed by atoms with Crippen molar-refractivity contribution in [3.63, 3.8) is 0 Å². The second-order valence-electron chi connectivity index (χ2n) is 8.14. The Hall–Kier alpha value is -2.12. The number of likely N-dealkylation sites (tertiary alicyclic amines) is 1. The van der Waals surface area contributed by atoms with E-state index in [1.165, 1.54) is 19.3 Å². The number of aromatic nitrogens is 3. The fourth-order valence-corrected chi connectivity index (χ4v) is 4.66. The number of fused-ring (bicyclic) bond motifs is 1. The van der Waals surface area contributed by atoms with Gasteiger partial charge in [-0.25, -0.2) is 4.99 Å². The van der Waals surface area contributed by atoms with Gasteiger partial charge < -0.3 is 20.1 Å². The van der Waals surface area contributed by atoms with Crippen molar-refractivity contribution in [3.05, 3.63) is 11.6 Å². The van der Waals surface area contributed by atoms with Crippen LogP contribution in [-0.2, 0) is 24.3 Å². The number of guanidine groups is 1. The number of amides is 1. The zero-order valence-corrected chi connectivity index (χ0v) is 16.3. The SMILES string of the molecule is CCNC(=NCc1nnc2n1CCCCC2)N1CCCC2(CNC(=O)C2)C1. The molecule has 4 heterocycles. The molecule has 1 aromatic rings. The third-order valence-corrected chi connectivity index (χ3v) is 6.05. The molecule has 1 aromatic heterocycles. The first-order valence-electron chi connectivity index (χ1n) is 10.4. The van der Waals surface area contributed by atoms with Gasteiger partial charge in [0.2, 0.25) is 5.91 Å². The number of aryl methyl sites for hydroxylation is 1. The standard InChI is InChI=1S/C19H31N7O/c1-2-20-18(25-9-6-8-19(14-25)11-17(27)22-13-19)21-12-16-24-23-15-7-4-3-5-10-26(15)16/h2-14H2,1H3,(H,20,21)(H,22,27). The molecule has 3 aliphatic rings. The normalized spacial score (nSPS) is 26.0. The molecule has 0 saturated carbocycles. The Morgan fingerprint density at radius 2 is 2.19 bits per heavy atom. The van der Waals surface area contributed by atoms with Gasteiger partial charge >= 0.3 is 0 Å². The molecule has 2 fully saturated rings. The summed E-state index contributed by atoms with van der Waals surface area (Å²) in [5.41, 5.74) is 0.0669. The van der Waals surface area contributed by atoms with E-state index >= 15 is 0 Å². The highest BCUT2D eigenvalue weighted by atomic mass is 16.1. The second-order valence-corrected chi connectivity index (χ2v) is 8.14. The van der Waals surface area contributed by atoms with Crippen LogP contribution in [0.15, 0.2) is 4.99 Å². The Bertz CT molecular complexity index is 713. The molecule has 0 radical (unpaired) electrons. The van der Waals surface area contributed by atoms with Crippen LogP contribution in [0.4, 0.5) is 0 Å². The van der Waals surface area contributed by atoms with Gasteiger partial charge in [0.15, 0.2) is 11.8 Å². The first-order chi connectivity index (χ1) is 13.2. The van der Waals surface area contributed by atoms with E-state index in [2.05, 4.69) is 37.2 Å². The van der Waals surface area contributed by atoms with Crippen molar-refractivity contribution in [2.24, 2.45) is 10.4 Å². The largest absolute Gasteiger partial charge is 0.357 e. The smallest absolute Gasteiger partial charge is 0.220 e. The van der Waals surface area contributed by atoms with Gasteiger partial charge in [0.05, 0.1) is 0 Å². The van der Waals surface area contributed by atoms with E-state index in [0.29, 0.717) is 13.0 Å². The predicted octanol–water partition coefficient (Wildman–Crippen LogP) is 1.07. The molecule has 0 aliphatic carbocycles. The quantitative estimate of drug-likeness (QED) is 0.611. The minimum atomic E-state index is 0.0669. The number of carbonyl (C=O) groups is 1. The van der Waals surface area contributed by atoms with Gasteiger partial charge in [-0.1, -0.05) is 6.42 Å². The van der Waals surface area contributed by atoms with Gasteiger partial charge in [-0.3, -0.25) is 4.79 Å². The predicted molar refractivity (Wildman–Crippen MR) is 103 cm³/mol. The summed E-state index contributed by atoms with van der Waals surface area (Å²) < 4.78 is 2.26. The molecule has 8 heteroatoms. The van der Waals surface area contributed by atoms with E-state index in [1.807, 2.05) is 0 Å². The molecule has 1 unspecified atom stereocenters. The van der Waals surface area contributed by atoms with E-state index in [4.69, 9.17) is 4.99 Å². The van der Waals surface area contributed by atoms with Crippen LogP contribution in [0.2, 0.25) is 0 Å². The van der Waals surface area contributed by atoms with E-state index in [0.717, 1.165) is 69.6 Å². The molecule has 0 aromatic carbocycles. The van der Waals surface area contributed by atoms with Crippen molar-refractivity contribution in [1.29, 1.82) is 0 Å². The van der Waals surface area contributed by atoms with Crippen LogP contribution in [0.1, 0.15) is 57.1 Å².